The number of hydrogen-bond acceptors (Lipinski definition) is 6. The van der Waals surface area contributed by atoms with Crippen LogP contribution < -0.4 is 15.4 Å². The van der Waals surface area contributed by atoms with Crippen molar-refractivity contribution in [3.63, 3.8) is 0 Å². The summed E-state index contributed by atoms with van der Waals surface area (Å²) in [4.78, 5) is 30.9. The van der Waals surface area contributed by atoms with E-state index in [0.717, 1.165) is 25.3 Å². The van der Waals surface area contributed by atoms with Gasteiger partial charge in [0, 0.05) is 30.6 Å². The first-order valence-electron chi connectivity index (χ1n) is 9.51. The van der Waals surface area contributed by atoms with Crippen LogP contribution in [0.1, 0.15) is 36.3 Å². The number of likely N-dealkylation sites (tertiary alicyclic amines) is 1. The summed E-state index contributed by atoms with van der Waals surface area (Å²) in [5.41, 5.74) is 2.03. The van der Waals surface area contributed by atoms with Crippen LogP contribution in [-0.2, 0) is 11.3 Å². The largest absolute Gasteiger partial charge is 0.482 e. The van der Waals surface area contributed by atoms with Gasteiger partial charge in [0.1, 0.15) is 5.75 Å². The molecule has 3 heterocycles. The number of nitrogens with zero attached hydrogens (tertiary/aromatic N) is 2. The molecule has 2 aliphatic rings. The van der Waals surface area contributed by atoms with Crippen molar-refractivity contribution < 1.29 is 14.3 Å². The fraction of sp³-hybridized carbons (Fsp3) is 0.450. The Morgan fingerprint density at radius 1 is 1.36 bits per heavy atom. The Morgan fingerprint density at radius 3 is 2.93 bits per heavy atom. The first-order chi connectivity index (χ1) is 13.5. The summed E-state index contributed by atoms with van der Waals surface area (Å²) in [5, 5.41) is 8.16. The molecule has 4 rings (SSSR count). The van der Waals surface area contributed by atoms with E-state index in [-0.39, 0.29) is 18.4 Å². The first-order valence-corrected chi connectivity index (χ1v) is 10.4. The average molecular weight is 401 g/mol. The SMILES string of the molecule is C[C@@H]1C[C@H](C)CN(Cc2csc(NC(=O)c3ccc4c(c3)OCC(=O)N4)n2)C1. The number of nitrogens with one attached hydrogen (secondary N) is 2. The molecular weight excluding hydrogens is 376 g/mol. The number of amides is 2. The van der Waals surface area contributed by atoms with E-state index in [4.69, 9.17) is 4.74 Å². The van der Waals surface area contributed by atoms with Gasteiger partial charge in [-0.3, -0.25) is 19.8 Å². The Morgan fingerprint density at radius 2 is 2.14 bits per heavy atom. The number of fused-ring (bicyclic) bond motifs is 1. The lowest BCUT2D eigenvalue weighted by molar-refractivity contribution is -0.118. The molecule has 2 aromatic rings. The fourth-order valence-corrected chi connectivity index (χ4v) is 4.67. The van der Waals surface area contributed by atoms with Crippen molar-refractivity contribution >= 4 is 34.0 Å². The van der Waals surface area contributed by atoms with Crippen LogP contribution in [0.2, 0.25) is 0 Å². The van der Waals surface area contributed by atoms with Crippen molar-refractivity contribution in [2.24, 2.45) is 11.8 Å². The van der Waals surface area contributed by atoms with E-state index < -0.39 is 0 Å². The summed E-state index contributed by atoms with van der Waals surface area (Å²) in [6.45, 7) is 7.55. The molecule has 7 nitrogen and oxygen atoms in total. The van der Waals surface area contributed by atoms with Gasteiger partial charge in [0.25, 0.3) is 11.8 Å². The number of benzene rings is 1. The molecule has 0 aliphatic carbocycles. The van der Waals surface area contributed by atoms with Crippen LogP contribution in [0.4, 0.5) is 10.8 Å². The molecule has 0 bridgehead atoms. The molecule has 1 aromatic carbocycles. The van der Waals surface area contributed by atoms with Crippen molar-refractivity contribution in [2.75, 3.05) is 30.3 Å². The number of thiazole rings is 1. The Labute approximate surface area is 168 Å². The molecule has 0 radical (unpaired) electrons. The highest BCUT2D eigenvalue weighted by Gasteiger charge is 2.23. The van der Waals surface area contributed by atoms with Crippen molar-refractivity contribution in [1.29, 1.82) is 0 Å². The second-order valence-electron chi connectivity index (χ2n) is 7.79. The number of carbonyl (C=O) groups is 2. The predicted octanol–water partition coefficient (Wildman–Crippen LogP) is 3.20. The topological polar surface area (TPSA) is 83.6 Å². The highest BCUT2D eigenvalue weighted by atomic mass is 32.1. The van der Waals surface area contributed by atoms with E-state index >= 15 is 0 Å². The summed E-state index contributed by atoms with van der Waals surface area (Å²) in [7, 11) is 0. The van der Waals surface area contributed by atoms with Crippen molar-refractivity contribution in [1.82, 2.24) is 9.88 Å². The summed E-state index contributed by atoms with van der Waals surface area (Å²) < 4.78 is 5.37. The Bertz CT molecular complexity index is 887. The van der Waals surface area contributed by atoms with Crippen LogP contribution in [0.25, 0.3) is 0 Å². The van der Waals surface area contributed by atoms with E-state index in [1.807, 2.05) is 5.38 Å². The van der Waals surface area contributed by atoms with Crippen molar-refractivity contribution in [3.05, 3.63) is 34.8 Å². The van der Waals surface area contributed by atoms with Gasteiger partial charge < -0.3 is 10.1 Å². The van der Waals surface area contributed by atoms with Gasteiger partial charge >= 0.3 is 0 Å². The monoisotopic (exact) mass is 400 g/mol. The van der Waals surface area contributed by atoms with Crippen LogP contribution in [0, 0.1) is 11.8 Å². The van der Waals surface area contributed by atoms with E-state index in [2.05, 4.69) is 34.4 Å². The number of hydrogen-bond donors (Lipinski definition) is 2. The van der Waals surface area contributed by atoms with Crippen LogP contribution >= 0.6 is 11.3 Å². The number of piperidine rings is 1. The highest BCUT2D eigenvalue weighted by molar-refractivity contribution is 7.14. The molecule has 2 atom stereocenters. The normalized spacial score (nSPS) is 22.1. The van der Waals surface area contributed by atoms with Crippen molar-refractivity contribution in [2.45, 2.75) is 26.8 Å². The minimum Gasteiger partial charge on any atom is -0.482 e. The number of carbonyl (C=O) groups excluding carboxylic acids is 2. The molecule has 1 aromatic heterocycles. The molecule has 0 saturated carbocycles. The minimum absolute atomic E-state index is 0.0400. The first kappa shape index (κ1) is 18.9. The van der Waals surface area contributed by atoms with Gasteiger partial charge in [-0.25, -0.2) is 4.98 Å². The van der Waals surface area contributed by atoms with Gasteiger partial charge in [-0.15, -0.1) is 11.3 Å². The second-order valence-corrected chi connectivity index (χ2v) is 8.64. The maximum atomic E-state index is 12.6. The predicted molar refractivity (Wildman–Crippen MR) is 109 cm³/mol. The van der Waals surface area contributed by atoms with Crippen LogP contribution in [0.3, 0.4) is 0 Å². The summed E-state index contributed by atoms with van der Waals surface area (Å²) >= 11 is 1.43. The van der Waals surface area contributed by atoms with Crippen LogP contribution in [-0.4, -0.2) is 41.4 Å². The third-order valence-corrected chi connectivity index (χ3v) is 5.79. The second kappa shape index (κ2) is 7.89. The maximum Gasteiger partial charge on any atom is 0.262 e. The highest BCUT2D eigenvalue weighted by Crippen LogP contribution is 2.29. The zero-order valence-corrected chi connectivity index (χ0v) is 16.8. The Kier molecular flexibility index (Phi) is 5.32. The summed E-state index contributed by atoms with van der Waals surface area (Å²) in [6, 6.07) is 4.97. The molecule has 2 amide bonds. The van der Waals surface area contributed by atoms with Gasteiger partial charge in [0.05, 0.1) is 11.4 Å². The van der Waals surface area contributed by atoms with Gasteiger partial charge in [0.2, 0.25) is 0 Å². The van der Waals surface area contributed by atoms with Gasteiger partial charge in [-0.1, -0.05) is 13.8 Å². The lowest BCUT2D eigenvalue weighted by Crippen LogP contribution is -2.38. The number of anilines is 2. The maximum absolute atomic E-state index is 12.6. The van der Waals surface area contributed by atoms with E-state index in [1.54, 1.807) is 18.2 Å². The lowest BCUT2D eigenvalue weighted by Gasteiger charge is -2.34. The lowest BCUT2D eigenvalue weighted by atomic mass is 9.92. The zero-order chi connectivity index (χ0) is 19.7. The molecule has 28 heavy (non-hydrogen) atoms. The third kappa shape index (κ3) is 4.34. The molecule has 8 heteroatoms. The van der Waals surface area contributed by atoms with E-state index in [1.165, 1.54) is 17.8 Å². The van der Waals surface area contributed by atoms with E-state index in [9.17, 15) is 9.59 Å². The molecule has 148 valence electrons. The summed E-state index contributed by atoms with van der Waals surface area (Å²) in [5.74, 6) is 1.47. The Balaban J connectivity index is 1.38. The molecule has 0 spiro atoms. The molecule has 1 fully saturated rings. The number of ether oxygens (including phenoxy) is 1. The number of rotatable bonds is 4. The standard InChI is InChI=1S/C20H24N4O3S/c1-12-5-13(2)8-24(7-12)9-15-11-28-20(21-15)23-19(26)14-3-4-16-17(6-14)27-10-18(25)22-16/h3-4,6,11-13H,5,7-10H2,1-2H3,(H,22,25)(H,21,23,26)/t12-,13+. The molecule has 2 aliphatic heterocycles. The van der Waals surface area contributed by atoms with Gasteiger partial charge in [-0.2, -0.15) is 0 Å². The molecular formula is C20H24N4O3S. The zero-order valence-electron chi connectivity index (χ0n) is 16.0. The fourth-order valence-electron chi connectivity index (χ4n) is 3.97. The van der Waals surface area contributed by atoms with E-state index in [0.29, 0.717) is 34.0 Å². The van der Waals surface area contributed by atoms with Gasteiger partial charge in [-0.05, 0) is 36.5 Å². The molecule has 1 saturated heterocycles. The minimum atomic E-state index is -0.246. The number of aromatic nitrogens is 1. The quantitative estimate of drug-likeness (QED) is 0.823. The molecule has 0 unspecified atom stereocenters. The Hall–Kier alpha value is -2.45. The average Bonchev–Trinajstić information content (AvgIpc) is 3.07. The van der Waals surface area contributed by atoms with Crippen LogP contribution in [0.5, 0.6) is 5.75 Å². The van der Waals surface area contributed by atoms with Crippen molar-refractivity contribution in [3.8, 4) is 5.75 Å². The smallest absolute Gasteiger partial charge is 0.262 e. The third-order valence-electron chi connectivity index (χ3n) is 4.98. The van der Waals surface area contributed by atoms with Crippen LogP contribution in [0.15, 0.2) is 23.6 Å². The van der Waals surface area contributed by atoms with Gasteiger partial charge in [0.15, 0.2) is 11.7 Å². The molecule has 2 N–H and O–H groups in total. The summed E-state index contributed by atoms with van der Waals surface area (Å²) in [6.07, 6.45) is 1.28.